The van der Waals surface area contributed by atoms with E-state index < -0.39 is 18.2 Å². The maximum atomic E-state index is 10.6. The fourth-order valence-corrected chi connectivity index (χ4v) is 2.86. The molecule has 33 heavy (non-hydrogen) atoms. The minimum Gasteiger partial charge on any atom is -0.506 e. The van der Waals surface area contributed by atoms with Gasteiger partial charge in [-0.3, -0.25) is 4.79 Å². The number of aromatic hydroxyl groups is 1. The standard InChI is InChI=1S/C20H26N2O4.C2HF3O2/c1-13-8-15(4-7-20(13)26-3)9-14(2)21-11-19(25)16-5-6-18(24)17(10-16)22-12-23;3-2(4,5)1(6)7/h4-8,10,12,14,19,21,24-25H,9,11H2,1-3H3,(H,22,23);(H,6,7). The summed E-state index contributed by atoms with van der Waals surface area (Å²) in [5.41, 5.74) is 3.18. The first-order valence-electron chi connectivity index (χ1n) is 9.77. The number of phenolic OH excluding ortho intramolecular Hbond substituents is 1. The second-order valence-electron chi connectivity index (χ2n) is 7.17. The van der Waals surface area contributed by atoms with E-state index in [9.17, 15) is 28.2 Å². The number of alkyl halides is 3. The van der Waals surface area contributed by atoms with Gasteiger partial charge < -0.3 is 30.7 Å². The molecule has 2 aromatic carbocycles. The van der Waals surface area contributed by atoms with Crippen LogP contribution in [0.2, 0.25) is 0 Å². The number of carbonyl (C=O) groups is 2. The van der Waals surface area contributed by atoms with Crippen molar-refractivity contribution in [3.63, 3.8) is 0 Å². The number of ether oxygens (including phenoxy) is 1. The number of aliphatic hydroxyl groups is 1. The monoisotopic (exact) mass is 472 g/mol. The van der Waals surface area contributed by atoms with Gasteiger partial charge in [-0.2, -0.15) is 13.2 Å². The van der Waals surface area contributed by atoms with E-state index in [0.29, 0.717) is 18.5 Å². The molecular formula is C22H27F3N2O6. The first-order valence-corrected chi connectivity index (χ1v) is 9.77. The molecule has 2 atom stereocenters. The number of aryl methyl sites for hydroxylation is 1. The van der Waals surface area contributed by atoms with Crippen LogP contribution in [0.15, 0.2) is 36.4 Å². The molecule has 1 amide bonds. The lowest BCUT2D eigenvalue weighted by molar-refractivity contribution is -0.192. The Kier molecular flexibility index (Phi) is 10.6. The van der Waals surface area contributed by atoms with Gasteiger partial charge in [0.15, 0.2) is 0 Å². The smallest absolute Gasteiger partial charge is 0.490 e. The predicted molar refractivity (Wildman–Crippen MR) is 115 cm³/mol. The number of anilines is 1. The molecule has 0 bridgehead atoms. The summed E-state index contributed by atoms with van der Waals surface area (Å²) in [6, 6.07) is 10.9. The second kappa shape index (κ2) is 12.7. The number of benzene rings is 2. The van der Waals surface area contributed by atoms with Gasteiger partial charge in [-0.25, -0.2) is 4.79 Å². The van der Waals surface area contributed by atoms with Gasteiger partial charge in [0.05, 0.1) is 18.9 Å². The molecule has 0 aromatic heterocycles. The Morgan fingerprint density at radius 1 is 1.21 bits per heavy atom. The van der Waals surface area contributed by atoms with Crippen molar-refractivity contribution in [2.45, 2.75) is 38.6 Å². The SMILES string of the molecule is COc1ccc(CC(C)NCC(O)c2ccc(O)c(NC=O)c2)cc1C.O=C(O)C(F)(F)F. The van der Waals surface area contributed by atoms with Crippen molar-refractivity contribution in [1.29, 1.82) is 0 Å². The van der Waals surface area contributed by atoms with Crippen molar-refractivity contribution in [2.75, 3.05) is 19.0 Å². The number of carboxylic acid groups (broad SMARTS) is 1. The molecule has 5 N–H and O–H groups in total. The number of methoxy groups -OCH3 is 1. The van der Waals surface area contributed by atoms with Gasteiger partial charge >= 0.3 is 12.1 Å². The van der Waals surface area contributed by atoms with Gasteiger partial charge in [-0.1, -0.05) is 18.2 Å². The van der Waals surface area contributed by atoms with Crippen molar-refractivity contribution >= 4 is 18.1 Å². The molecule has 0 spiro atoms. The van der Waals surface area contributed by atoms with Crippen LogP contribution in [0.3, 0.4) is 0 Å². The van der Waals surface area contributed by atoms with E-state index >= 15 is 0 Å². The van der Waals surface area contributed by atoms with Gasteiger partial charge in [-0.05, 0) is 55.2 Å². The Morgan fingerprint density at radius 3 is 2.36 bits per heavy atom. The summed E-state index contributed by atoms with van der Waals surface area (Å²) < 4.78 is 37.0. The van der Waals surface area contributed by atoms with Gasteiger partial charge in [0.25, 0.3) is 0 Å². The Hall–Kier alpha value is -3.31. The van der Waals surface area contributed by atoms with Crippen molar-refractivity contribution in [3.05, 3.63) is 53.1 Å². The van der Waals surface area contributed by atoms with Crippen molar-refractivity contribution in [3.8, 4) is 11.5 Å². The number of phenols is 1. The molecule has 2 aromatic rings. The van der Waals surface area contributed by atoms with E-state index in [1.165, 1.54) is 11.6 Å². The van der Waals surface area contributed by atoms with E-state index in [-0.39, 0.29) is 17.5 Å². The lowest BCUT2D eigenvalue weighted by Crippen LogP contribution is -2.32. The first-order chi connectivity index (χ1) is 15.4. The zero-order valence-electron chi connectivity index (χ0n) is 18.3. The number of hydrogen-bond acceptors (Lipinski definition) is 6. The highest BCUT2D eigenvalue weighted by molar-refractivity contribution is 5.75. The van der Waals surface area contributed by atoms with Gasteiger partial charge in [0.1, 0.15) is 11.5 Å². The summed E-state index contributed by atoms with van der Waals surface area (Å²) in [4.78, 5) is 19.5. The molecule has 0 fully saturated rings. The number of carboxylic acids is 1. The summed E-state index contributed by atoms with van der Waals surface area (Å²) in [5.74, 6) is -1.92. The van der Waals surface area contributed by atoms with Crippen molar-refractivity contribution in [2.24, 2.45) is 0 Å². The van der Waals surface area contributed by atoms with Gasteiger partial charge in [-0.15, -0.1) is 0 Å². The fraction of sp³-hybridized carbons (Fsp3) is 0.364. The van der Waals surface area contributed by atoms with Crippen LogP contribution in [0.4, 0.5) is 18.9 Å². The highest BCUT2D eigenvalue weighted by Crippen LogP contribution is 2.26. The van der Waals surface area contributed by atoms with E-state index in [1.807, 2.05) is 19.1 Å². The minimum atomic E-state index is -5.08. The fourth-order valence-electron chi connectivity index (χ4n) is 2.86. The van der Waals surface area contributed by atoms with Crippen LogP contribution < -0.4 is 15.4 Å². The molecule has 0 aliphatic rings. The van der Waals surface area contributed by atoms with Crippen LogP contribution in [0.1, 0.15) is 29.7 Å². The third-order valence-corrected chi connectivity index (χ3v) is 4.52. The summed E-state index contributed by atoms with van der Waals surface area (Å²) in [5, 5.41) is 32.9. The Morgan fingerprint density at radius 2 is 1.85 bits per heavy atom. The zero-order chi connectivity index (χ0) is 25.2. The molecule has 0 radical (unpaired) electrons. The second-order valence-corrected chi connectivity index (χ2v) is 7.17. The van der Waals surface area contributed by atoms with Crippen molar-refractivity contribution in [1.82, 2.24) is 5.32 Å². The zero-order valence-corrected chi connectivity index (χ0v) is 18.3. The lowest BCUT2D eigenvalue weighted by atomic mass is 10.0. The van der Waals surface area contributed by atoms with Crippen LogP contribution in [-0.4, -0.2) is 53.6 Å². The normalized spacial score (nSPS) is 12.7. The molecule has 8 nitrogen and oxygen atoms in total. The summed E-state index contributed by atoms with van der Waals surface area (Å²) >= 11 is 0. The topological polar surface area (TPSA) is 128 Å². The average Bonchev–Trinajstić information content (AvgIpc) is 2.73. The molecule has 0 aliphatic heterocycles. The largest absolute Gasteiger partial charge is 0.506 e. The van der Waals surface area contributed by atoms with E-state index in [4.69, 9.17) is 14.6 Å². The molecule has 0 saturated carbocycles. The Bertz CT molecular complexity index is 937. The van der Waals surface area contributed by atoms with Crippen LogP contribution in [-0.2, 0) is 16.0 Å². The van der Waals surface area contributed by atoms with E-state index in [1.54, 1.807) is 19.2 Å². The number of hydrogen-bond donors (Lipinski definition) is 5. The minimum absolute atomic E-state index is 0.0377. The summed E-state index contributed by atoms with van der Waals surface area (Å²) in [6.07, 6.45) is -4.52. The van der Waals surface area contributed by atoms with Crippen LogP contribution in [0.25, 0.3) is 0 Å². The van der Waals surface area contributed by atoms with Crippen LogP contribution in [0, 0.1) is 6.92 Å². The average molecular weight is 472 g/mol. The molecule has 0 saturated heterocycles. The molecule has 182 valence electrons. The highest BCUT2D eigenvalue weighted by atomic mass is 19.4. The van der Waals surface area contributed by atoms with E-state index in [2.05, 4.69) is 23.6 Å². The number of rotatable bonds is 9. The maximum absolute atomic E-state index is 10.6. The molecule has 2 rings (SSSR count). The van der Waals surface area contributed by atoms with Crippen LogP contribution >= 0.6 is 0 Å². The third-order valence-electron chi connectivity index (χ3n) is 4.52. The predicted octanol–water partition coefficient (Wildman–Crippen LogP) is 3.17. The number of nitrogens with one attached hydrogen (secondary N) is 2. The quantitative estimate of drug-likeness (QED) is 0.280. The van der Waals surface area contributed by atoms with Crippen molar-refractivity contribution < 1.29 is 42.8 Å². The number of halogens is 3. The number of aliphatic hydroxyl groups excluding tert-OH is 1. The molecule has 11 heteroatoms. The summed E-state index contributed by atoms with van der Waals surface area (Å²) in [7, 11) is 1.66. The molecule has 2 unspecified atom stereocenters. The highest BCUT2D eigenvalue weighted by Gasteiger charge is 2.38. The number of carbonyl (C=O) groups excluding carboxylic acids is 1. The Labute approximate surface area is 189 Å². The summed E-state index contributed by atoms with van der Waals surface area (Å²) in [6.45, 7) is 4.43. The van der Waals surface area contributed by atoms with Crippen LogP contribution in [0.5, 0.6) is 11.5 Å². The molecule has 0 aliphatic carbocycles. The maximum Gasteiger partial charge on any atom is 0.490 e. The Balaban J connectivity index is 0.000000675. The third kappa shape index (κ3) is 9.38. The molecule has 0 heterocycles. The number of aliphatic carboxylic acids is 1. The van der Waals surface area contributed by atoms with Gasteiger partial charge in [0, 0.05) is 12.6 Å². The molecular weight excluding hydrogens is 445 g/mol. The van der Waals surface area contributed by atoms with E-state index in [0.717, 1.165) is 17.7 Å². The van der Waals surface area contributed by atoms with Gasteiger partial charge in [0.2, 0.25) is 6.41 Å². The first kappa shape index (κ1) is 27.7. The lowest BCUT2D eigenvalue weighted by Gasteiger charge is -2.19. The number of amides is 1.